The van der Waals surface area contributed by atoms with Gasteiger partial charge in [-0.3, -0.25) is 0 Å². The lowest BCUT2D eigenvalue weighted by molar-refractivity contribution is 0.812. The van der Waals surface area contributed by atoms with Crippen LogP contribution in [0.15, 0.2) is 60.7 Å². The molecule has 0 aliphatic heterocycles. The maximum absolute atomic E-state index is 7.41. The largest absolute Gasteiger partial charge is 0.356 e. The Bertz CT molecular complexity index is 1800. The number of rotatable bonds is 8. The molecule has 0 saturated carbocycles. The summed E-state index contributed by atoms with van der Waals surface area (Å²) in [5.41, 5.74) is 15.9. The number of fused-ring (bicyclic) bond motifs is 1. The van der Waals surface area contributed by atoms with Crippen molar-refractivity contribution >= 4 is 78.8 Å². The molecule has 50 heavy (non-hydrogen) atoms. The Morgan fingerprint density at radius 3 is 1.00 bits per heavy atom. The summed E-state index contributed by atoms with van der Waals surface area (Å²) in [6, 6.07) is 21.4. The number of hydrogen-bond donors (Lipinski definition) is 0. The zero-order chi connectivity index (χ0) is 37.3. The van der Waals surface area contributed by atoms with Crippen LogP contribution in [0.4, 0.5) is 0 Å². The van der Waals surface area contributed by atoms with Gasteiger partial charge in [0.25, 0.3) is 0 Å². The molecule has 4 rings (SSSR count). The third kappa shape index (κ3) is 8.89. The van der Waals surface area contributed by atoms with Gasteiger partial charge in [0.2, 0.25) is 0 Å². The average Bonchev–Trinajstić information content (AvgIpc) is 3.04. The van der Waals surface area contributed by atoms with Crippen molar-refractivity contribution in [2.45, 2.75) is 119 Å². The Kier molecular flexibility index (Phi) is 13.2. The lowest BCUT2D eigenvalue weighted by atomic mass is 9.89. The van der Waals surface area contributed by atoms with Gasteiger partial charge in [0.1, 0.15) is 0 Å². The first-order valence-electron chi connectivity index (χ1n) is 18.0. The van der Waals surface area contributed by atoms with Crippen LogP contribution in [0.2, 0.25) is 0 Å². The molecule has 0 saturated heterocycles. The molecule has 0 spiro atoms. The van der Waals surface area contributed by atoms with E-state index in [1.807, 2.05) is 24.3 Å². The predicted octanol–water partition coefficient (Wildman–Crippen LogP) is 13.0. The monoisotopic (exact) mass is 776 g/mol. The van der Waals surface area contributed by atoms with E-state index in [2.05, 4.69) is 142 Å². The molecule has 0 heterocycles. The Labute approximate surface area is 323 Å². The van der Waals surface area contributed by atoms with E-state index in [9.17, 15) is 0 Å². The molecule has 0 N–H and O–H groups in total. The molecular weight excluding hydrogens is 726 g/mol. The molecule has 0 fully saturated rings. The van der Waals surface area contributed by atoms with Gasteiger partial charge >= 0.3 is 13.4 Å². The van der Waals surface area contributed by atoms with E-state index >= 15 is 0 Å². The van der Waals surface area contributed by atoms with Crippen LogP contribution in [-0.4, -0.2) is 13.4 Å². The smallest absolute Gasteiger partial charge is 0.124 e. The SMILES string of the molecule is CC(C)c1cc(C(C)C)c([Si](Cl)(Cl)C#Cc2cccc3cccc(C#C[Si](Cl)(Cl)c4c(C(C)C)cc(C(C)C)cc4C(C)C)c23)c(C(C)C)c1. The van der Waals surface area contributed by atoms with Crippen LogP contribution in [0.3, 0.4) is 0 Å². The van der Waals surface area contributed by atoms with Crippen molar-refractivity contribution in [1.29, 1.82) is 0 Å². The first-order chi connectivity index (χ1) is 23.3. The van der Waals surface area contributed by atoms with Gasteiger partial charge in [-0.05, 0) is 96.8 Å². The van der Waals surface area contributed by atoms with E-state index in [-0.39, 0.29) is 23.7 Å². The van der Waals surface area contributed by atoms with Gasteiger partial charge in [-0.1, -0.05) is 155 Å². The fraction of sp³-hybridized carbons (Fsp3) is 0.409. The molecule has 0 nitrogen and oxygen atoms in total. The van der Waals surface area contributed by atoms with Crippen LogP contribution >= 0.6 is 44.3 Å². The molecule has 0 aromatic heterocycles. The summed E-state index contributed by atoms with van der Waals surface area (Å²) in [5, 5.41) is 4.07. The van der Waals surface area contributed by atoms with E-state index in [1.54, 1.807) is 0 Å². The van der Waals surface area contributed by atoms with Crippen molar-refractivity contribution in [3.05, 3.63) is 105 Å². The highest BCUT2D eigenvalue weighted by Gasteiger charge is 2.37. The molecule has 0 aliphatic carbocycles. The number of hydrogen-bond acceptors (Lipinski definition) is 0. The highest BCUT2D eigenvalue weighted by atomic mass is 35.7. The number of halogens is 4. The zero-order valence-corrected chi connectivity index (χ0v) is 36.8. The number of benzene rings is 4. The van der Waals surface area contributed by atoms with Crippen molar-refractivity contribution in [1.82, 2.24) is 0 Å². The Morgan fingerprint density at radius 2 is 0.740 bits per heavy atom. The standard InChI is InChI=1S/C44H52Cl4Si2/c1-27(2)36-23-38(29(5)6)43(39(24-36)30(7)8)49(45,46)21-19-34-17-13-15-33-16-14-18-35(42(33)34)20-22-50(47,48)44-40(31(9)10)25-37(28(3)4)26-41(44)32(11)12/h13-18,23-32H,1-12H3. The maximum Gasteiger partial charge on any atom is 0.356 e. The maximum atomic E-state index is 7.41. The molecule has 264 valence electrons. The summed E-state index contributed by atoms with van der Waals surface area (Å²) >= 11 is 29.6. The van der Waals surface area contributed by atoms with E-state index in [0.29, 0.717) is 11.8 Å². The molecule has 0 unspecified atom stereocenters. The fourth-order valence-electron chi connectivity index (χ4n) is 6.60. The van der Waals surface area contributed by atoms with Crippen LogP contribution in [0.5, 0.6) is 0 Å². The minimum absolute atomic E-state index is 0.261. The van der Waals surface area contributed by atoms with Crippen molar-refractivity contribution in [3.63, 3.8) is 0 Å². The molecule has 0 aliphatic rings. The predicted molar refractivity (Wildman–Crippen MR) is 229 cm³/mol. The van der Waals surface area contributed by atoms with Crippen LogP contribution in [0, 0.1) is 22.9 Å². The molecule has 0 amide bonds. The summed E-state index contributed by atoms with van der Waals surface area (Å²) in [5.74, 6) is 8.76. The molecule has 0 bridgehead atoms. The van der Waals surface area contributed by atoms with Crippen LogP contribution in [-0.2, 0) is 0 Å². The van der Waals surface area contributed by atoms with Crippen molar-refractivity contribution in [2.75, 3.05) is 0 Å². The van der Waals surface area contributed by atoms with Gasteiger partial charge in [-0.25, -0.2) is 0 Å². The zero-order valence-electron chi connectivity index (χ0n) is 31.7. The molecule has 0 radical (unpaired) electrons. The topological polar surface area (TPSA) is 0 Å². The molecule has 0 atom stereocenters. The second-order valence-electron chi connectivity index (χ2n) is 15.4. The summed E-state index contributed by atoms with van der Waals surface area (Å²) < 4.78 is 0. The normalized spacial score (nSPS) is 12.4. The van der Waals surface area contributed by atoms with Crippen molar-refractivity contribution < 1.29 is 0 Å². The van der Waals surface area contributed by atoms with E-state index in [0.717, 1.165) is 32.3 Å². The third-order valence-corrected chi connectivity index (χ3v) is 16.2. The van der Waals surface area contributed by atoms with E-state index in [1.165, 1.54) is 33.4 Å². The molecular formula is C44H52Cl4Si2. The molecule has 4 aromatic carbocycles. The summed E-state index contributed by atoms with van der Waals surface area (Å²) in [6.45, 7) is 20.0. The molecule has 6 heteroatoms. The summed E-state index contributed by atoms with van der Waals surface area (Å²) in [7, 11) is 0. The Balaban J connectivity index is 1.91. The van der Waals surface area contributed by atoms with Gasteiger partial charge in [-0.2, -0.15) is 0 Å². The van der Waals surface area contributed by atoms with E-state index in [4.69, 9.17) is 44.3 Å². The highest BCUT2D eigenvalue weighted by molar-refractivity contribution is 7.55. The first-order valence-corrected chi connectivity index (χ1v) is 26.0. The quantitative estimate of drug-likeness (QED) is 0.0949. The molecule has 4 aromatic rings. The van der Waals surface area contributed by atoms with Crippen LogP contribution in [0.25, 0.3) is 10.8 Å². The summed E-state index contributed by atoms with van der Waals surface area (Å²) in [4.78, 5) is 0. The fourth-order valence-corrected chi connectivity index (χ4v) is 13.5. The van der Waals surface area contributed by atoms with Gasteiger partial charge < -0.3 is 0 Å². The van der Waals surface area contributed by atoms with Gasteiger partial charge in [-0.15, -0.1) is 44.3 Å². The second kappa shape index (κ2) is 16.3. The minimum Gasteiger partial charge on any atom is -0.124 e. The highest BCUT2D eigenvalue weighted by Crippen LogP contribution is 2.33. The minimum atomic E-state index is -3.27. The van der Waals surface area contributed by atoms with Crippen LogP contribution in [0.1, 0.15) is 163 Å². The third-order valence-electron chi connectivity index (χ3n) is 9.51. The van der Waals surface area contributed by atoms with Gasteiger partial charge in [0.05, 0.1) is 0 Å². The van der Waals surface area contributed by atoms with Crippen LogP contribution < -0.4 is 10.4 Å². The van der Waals surface area contributed by atoms with E-state index < -0.39 is 13.4 Å². The second-order valence-corrected chi connectivity index (χ2v) is 27.2. The lowest BCUT2D eigenvalue weighted by Crippen LogP contribution is -2.42. The van der Waals surface area contributed by atoms with Gasteiger partial charge in [0.15, 0.2) is 0 Å². The summed E-state index contributed by atoms with van der Waals surface area (Å²) in [6.07, 6.45) is 0. The lowest BCUT2D eigenvalue weighted by Gasteiger charge is -2.26. The van der Waals surface area contributed by atoms with Crippen molar-refractivity contribution in [2.24, 2.45) is 0 Å². The van der Waals surface area contributed by atoms with Crippen molar-refractivity contribution in [3.8, 4) is 22.9 Å². The first kappa shape index (κ1) is 40.6. The average molecular weight is 779 g/mol. The van der Waals surface area contributed by atoms with Gasteiger partial charge in [0, 0.05) is 16.5 Å². The Hall–Kier alpha value is -2.15. The Morgan fingerprint density at radius 1 is 0.440 bits per heavy atom.